The van der Waals surface area contributed by atoms with Gasteiger partial charge in [0.15, 0.2) is 6.61 Å². The van der Waals surface area contributed by atoms with E-state index in [1.165, 1.54) is 4.57 Å². The zero-order chi connectivity index (χ0) is 17.6. The third-order valence-corrected chi connectivity index (χ3v) is 3.81. The van der Waals surface area contributed by atoms with Gasteiger partial charge in [-0.05, 0) is 43.3 Å². The van der Waals surface area contributed by atoms with Crippen LogP contribution in [0.2, 0.25) is 0 Å². The molecule has 0 aliphatic rings. The van der Waals surface area contributed by atoms with Crippen LogP contribution >= 0.6 is 0 Å². The topological polar surface area (TPSA) is 67.3 Å². The van der Waals surface area contributed by atoms with Gasteiger partial charge >= 0.3 is 5.69 Å². The zero-order valence-electron chi connectivity index (χ0n) is 13.9. The number of likely N-dealkylation sites (N-methyl/N-ethyl adjacent to an activating group) is 1. The second-order valence-electron chi connectivity index (χ2n) is 5.39. The first-order valence-corrected chi connectivity index (χ1v) is 8.03. The second kappa shape index (κ2) is 7.53. The van der Waals surface area contributed by atoms with Gasteiger partial charge in [-0.3, -0.25) is 9.36 Å². The Labute approximate surface area is 145 Å². The fraction of sp³-hybridized carbons (Fsp3) is 0.158. The summed E-state index contributed by atoms with van der Waals surface area (Å²) in [5, 5.41) is 0. The molecule has 0 bridgehead atoms. The summed E-state index contributed by atoms with van der Waals surface area (Å²) in [5.74, 6) is 0.462. The number of carbonyl (C=O) groups is 1. The van der Waals surface area contributed by atoms with Crippen LogP contribution in [0.3, 0.4) is 0 Å². The van der Waals surface area contributed by atoms with E-state index >= 15 is 0 Å². The molecule has 25 heavy (non-hydrogen) atoms. The van der Waals surface area contributed by atoms with Crippen molar-refractivity contribution in [1.82, 2.24) is 9.55 Å². The van der Waals surface area contributed by atoms with Crippen LogP contribution in [0.15, 0.2) is 71.8 Å². The zero-order valence-corrected chi connectivity index (χ0v) is 13.9. The van der Waals surface area contributed by atoms with Gasteiger partial charge in [-0.2, -0.15) is 0 Å². The number of carbonyl (C=O) groups excluding carboxylic acids is 1. The number of amides is 1. The molecule has 0 saturated heterocycles. The summed E-state index contributed by atoms with van der Waals surface area (Å²) in [6.45, 7) is 2.45. The van der Waals surface area contributed by atoms with Gasteiger partial charge in [-0.25, -0.2) is 4.79 Å². The van der Waals surface area contributed by atoms with Crippen molar-refractivity contribution >= 4 is 11.6 Å². The van der Waals surface area contributed by atoms with E-state index in [9.17, 15) is 9.59 Å². The third-order valence-electron chi connectivity index (χ3n) is 3.81. The van der Waals surface area contributed by atoms with Gasteiger partial charge in [0, 0.05) is 24.6 Å². The number of H-pyrrole nitrogens is 1. The fourth-order valence-electron chi connectivity index (χ4n) is 2.56. The van der Waals surface area contributed by atoms with E-state index in [0.29, 0.717) is 12.3 Å². The summed E-state index contributed by atoms with van der Waals surface area (Å²) >= 11 is 0. The van der Waals surface area contributed by atoms with E-state index in [1.54, 1.807) is 41.6 Å². The van der Waals surface area contributed by atoms with Crippen molar-refractivity contribution in [2.24, 2.45) is 0 Å². The first kappa shape index (κ1) is 16.6. The van der Waals surface area contributed by atoms with Gasteiger partial charge in [-0.15, -0.1) is 0 Å². The van der Waals surface area contributed by atoms with Gasteiger partial charge in [0.2, 0.25) is 0 Å². The van der Waals surface area contributed by atoms with Crippen molar-refractivity contribution in [2.75, 3.05) is 18.1 Å². The summed E-state index contributed by atoms with van der Waals surface area (Å²) in [7, 11) is 0. The predicted molar refractivity (Wildman–Crippen MR) is 96.4 cm³/mol. The van der Waals surface area contributed by atoms with E-state index in [-0.39, 0.29) is 18.2 Å². The SMILES string of the molecule is CCN(C(=O)COc1ccc(-n2cc[nH]c2=O)cc1)c1ccccc1. The van der Waals surface area contributed by atoms with Crippen LogP contribution in [0.25, 0.3) is 5.69 Å². The molecule has 3 aromatic rings. The lowest BCUT2D eigenvalue weighted by molar-refractivity contribution is -0.120. The van der Waals surface area contributed by atoms with Crippen molar-refractivity contribution in [3.05, 3.63) is 77.5 Å². The van der Waals surface area contributed by atoms with E-state index < -0.39 is 0 Å². The number of rotatable bonds is 6. The maximum Gasteiger partial charge on any atom is 0.330 e. The number of hydrogen-bond acceptors (Lipinski definition) is 3. The van der Waals surface area contributed by atoms with Gasteiger partial charge in [0.1, 0.15) is 5.75 Å². The number of hydrogen-bond donors (Lipinski definition) is 1. The molecule has 6 nitrogen and oxygen atoms in total. The lowest BCUT2D eigenvalue weighted by atomic mass is 10.3. The Hall–Kier alpha value is -3.28. The second-order valence-corrected chi connectivity index (χ2v) is 5.39. The average molecular weight is 337 g/mol. The molecule has 1 aromatic heterocycles. The monoisotopic (exact) mass is 337 g/mol. The first-order valence-electron chi connectivity index (χ1n) is 8.03. The van der Waals surface area contributed by atoms with Gasteiger partial charge in [-0.1, -0.05) is 18.2 Å². The number of para-hydroxylation sites is 1. The van der Waals surface area contributed by atoms with Crippen LogP contribution in [0.1, 0.15) is 6.92 Å². The molecule has 0 fully saturated rings. The lowest BCUT2D eigenvalue weighted by Gasteiger charge is -2.21. The number of nitrogens with one attached hydrogen (secondary N) is 1. The van der Waals surface area contributed by atoms with Crippen LogP contribution < -0.4 is 15.3 Å². The van der Waals surface area contributed by atoms with E-state index in [4.69, 9.17) is 4.74 Å². The highest BCUT2D eigenvalue weighted by molar-refractivity contribution is 5.94. The number of aromatic nitrogens is 2. The van der Waals surface area contributed by atoms with Crippen LogP contribution in [0.5, 0.6) is 5.75 Å². The van der Waals surface area contributed by atoms with Gasteiger partial charge in [0.05, 0.1) is 5.69 Å². The number of ether oxygens (including phenoxy) is 1. The molecule has 0 saturated carbocycles. The van der Waals surface area contributed by atoms with Crippen molar-refractivity contribution < 1.29 is 9.53 Å². The maximum absolute atomic E-state index is 12.4. The molecule has 0 spiro atoms. The minimum absolute atomic E-state index is 0.0494. The highest BCUT2D eigenvalue weighted by Crippen LogP contribution is 2.16. The van der Waals surface area contributed by atoms with Crippen molar-refractivity contribution in [1.29, 1.82) is 0 Å². The normalized spacial score (nSPS) is 10.4. The van der Waals surface area contributed by atoms with Crippen LogP contribution in [-0.2, 0) is 4.79 Å². The Bertz CT molecular complexity index is 882. The van der Waals surface area contributed by atoms with Gasteiger partial charge in [0.25, 0.3) is 5.91 Å². The fourth-order valence-corrected chi connectivity index (χ4v) is 2.56. The Morgan fingerprint density at radius 1 is 1.12 bits per heavy atom. The molecule has 3 rings (SSSR count). The summed E-state index contributed by atoms with van der Waals surface area (Å²) in [6, 6.07) is 16.5. The van der Waals surface area contributed by atoms with Gasteiger partial charge < -0.3 is 14.6 Å². The Kier molecular flexibility index (Phi) is 4.99. The lowest BCUT2D eigenvalue weighted by Crippen LogP contribution is -2.34. The van der Waals surface area contributed by atoms with Crippen molar-refractivity contribution in [2.45, 2.75) is 6.92 Å². The molecule has 1 N–H and O–H groups in total. The van der Waals surface area contributed by atoms with Crippen LogP contribution in [0.4, 0.5) is 5.69 Å². The van der Waals surface area contributed by atoms with E-state index in [2.05, 4.69) is 4.98 Å². The van der Waals surface area contributed by atoms with Crippen LogP contribution in [0, 0.1) is 0 Å². The molecule has 1 heterocycles. The highest BCUT2D eigenvalue weighted by Gasteiger charge is 2.14. The molecule has 2 aromatic carbocycles. The first-order chi connectivity index (χ1) is 12.2. The maximum atomic E-state index is 12.4. The third kappa shape index (κ3) is 3.80. The minimum atomic E-state index is -0.203. The molecule has 128 valence electrons. The Balaban J connectivity index is 1.64. The van der Waals surface area contributed by atoms with Crippen molar-refractivity contribution in [3.63, 3.8) is 0 Å². The van der Waals surface area contributed by atoms with E-state index in [0.717, 1.165) is 11.4 Å². The van der Waals surface area contributed by atoms with Crippen molar-refractivity contribution in [3.8, 4) is 11.4 Å². The standard InChI is InChI=1S/C19H19N3O3/c1-2-21(15-6-4-3-5-7-15)18(23)14-25-17-10-8-16(9-11-17)22-13-12-20-19(22)24/h3-13H,2,14H2,1H3,(H,20,24). The molecule has 0 unspecified atom stereocenters. The number of benzene rings is 2. The van der Waals surface area contributed by atoms with Crippen LogP contribution in [-0.4, -0.2) is 28.6 Å². The quantitative estimate of drug-likeness (QED) is 0.752. The molecular weight excluding hydrogens is 318 g/mol. The number of nitrogens with zero attached hydrogens (tertiary/aromatic N) is 2. The summed E-state index contributed by atoms with van der Waals surface area (Å²) < 4.78 is 7.08. The smallest absolute Gasteiger partial charge is 0.330 e. The number of imidazole rings is 1. The van der Waals surface area contributed by atoms with E-state index in [1.807, 2.05) is 37.3 Å². The molecular formula is C19H19N3O3. The number of aromatic amines is 1. The number of anilines is 1. The summed E-state index contributed by atoms with van der Waals surface area (Å²) in [6.07, 6.45) is 3.23. The average Bonchev–Trinajstić information content (AvgIpc) is 3.08. The largest absolute Gasteiger partial charge is 0.484 e. The molecule has 0 aliphatic carbocycles. The summed E-state index contributed by atoms with van der Waals surface area (Å²) in [5.41, 5.74) is 1.37. The summed E-state index contributed by atoms with van der Waals surface area (Å²) in [4.78, 5) is 28.2. The minimum Gasteiger partial charge on any atom is -0.484 e. The highest BCUT2D eigenvalue weighted by atomic mass is 16.5. The Morgan fingerprint density at radius 3 is 2.44 bits per heavy atom. The predicted octanol–water partition coefficient (Wildman–Crippen LogP) is 2.60. The molecule has 1 amide bonds. The molecule has 0 atom stereocenters. The molecule has 0 aliphatic heterocycles. The molecule has 6 heteroatoms. The Morgan fingerprint density at radius 2 is 1.84 bits per heavy atom. The molecule has 0 radical (unpaired) electrons.